The first kappa shape index (κ1) is 21.3. The number of hydrogen-bond donors (Lipinski definition) is 3. The van der Waals surface area contributed by atoms with Gasteiger partial charge in [-0.3, -0.25) is 14.3 Å². The smallest absolute Gasteiger partial charge is 0.253 e. The molecule has 1 heterocycles. The molecule has 2 aromatic carbocycles. The Kier molecular flexibility index (Phi) is 6.98. The van der Waals surface area contributed by atoms with Crippen LogP contribution in [0.2, 0.25) is 0 Å². The maximum atomic E-state index is 12.8. The van der Waals surface area contributed by atoms with Crippen LogP contribution < -0.4 is 16.0 Å². The highest BCUT2D eigenvalue weighted by Crippen LogP contribution is 2.18. The average Bonchev–Trinajstić information content (AvgIpc) is 3.19. The van der Waals surface area contributed by atoms with Crippen molar-refractivity contribution >= 4 is 17.5 Å². The summed E-state index contributed by atoms with van der Waals surface area (Å²) >= 11 is 0. The molecule has 0 saturated carbocycles. The monoisotopic (exact) mass is 405 g/mol. The van der Waals surface area contributed by atoms with Crippen molar-refractivity contribution in [3.05, 3.63) is 83.7 Å². The van der Waals surface area contributed by atoms with Gasteiger partial charge < -0.3 is 16.0 Å². The Bertz CT molecular complexity index is 1000. The van der Waals surface area contributed by atoms with Gasteiger partial charge in [-0.15, -0.1) is 0 Å². The van der Waals surface area contributed by atoms with E-state index in [1.165, 1.54) is 0 Å². The van der Waals surface area contributed by atoms with E-state index < -0.39 is 0 Å². The van der Waals surface area contributed by atoms with Crippen LogP contribution in [0.25, 0.3) is 0 Å². The molecule has 0 aliphatic carbocycles. The fourth-order valence-corrected chi connectivity index (χ4v) is 3.11. The Hall–Kier alpha value is -3.45. The Balaban J connectivity index is 1.60. The van der Waals surface area contributed by atoms with Crippen LogP contribution in [0, 0.1) is 0 Å². The van der Waals surface area contributed by atoms with E-state index in [4.69, 9.17) is 0 Å². The summed E-state index contributed by atoms with van der Waals surface area (Å²) in [6.45, 7) is 4.02. The van der Waals surface area contributed by atoms with E-state index in [0.29, 0.717) is 11.3 Å². The minimum Gasteiger partial charge on any atom is -0.345 e. The molecule has 0 aliphatic rings. The fourth-order valence-electron chi connectivity index (χ4n) is 3.11. The first-order valence-corrected chi connectivity index (χ1v) is 9.90. The van der Waals surface area contributed by atoms with Crippen molar-refractivity contribution in [2.75, 3.05) is 11.9 Å². The third-order valence-corrected chi connectivity index (χ3v) is 4.89. The molecule has 7 heteroatoms. The number of para-hydroxylation sites is 1. The second-order valence-electron chi connectivity index (χ2n) is 7.25. The second-order valence-corrected chi connectivity index (χ2v) is 7.25. The van der Waals surface area contributed by atoms with Gasteiger partial charge in [-0.25, -0.2) is 0 Å². The molecule has 3 N–H and O–H groups in total. The number of hydrogen-bond acceptors (Lipinski definition) is 4. The van der Waals surface area contributed by atoms with Crippen molar-refractivity contribution in [1.82, 2.24) is 20.4 Å². The minimum atomic E-state index is -0.237. The largest absolute Gasteiger partial charge is 0.345 e. The molecule has 0 bridgehead atoms. The van der Waals surface area contributed by atoms with E-state index in [0.717, 1.165) is 11.1 Å². The molecule has 3 rings (SSSR count). The van der Waals surface area contributed by atoms with Gasteiger partial charge in [-0.05, 0) is 31.5 Å². The number of aryl methyl sites for hydroxylation is 1. The summed E-state index contributed by atoms with van der Waals surface area (Å²) in [5.74, 6) is -0.457. The molecule has 0 saturated heterocycles. The Morgan fingerprint density at radius 3 is 2.37 bits per heavy atom. The number of nitrogens with zero attached hydrogens (tertiary/aromatic N) is 2. The Morgan fingerprint density at radius 2 is 1.67 bits per heavy atom. The van der Waals surface area contributed by atoms with Crippen LogP contribution in [0.1, 0.15) is 47.4 Å². The van der Waals surface area contributed by atoms with Gasteiger partial charge in [-0.1, -0.05) is 42.5 Å². The molecule has 0 fully saturated rings. The average molecular weight is 406 g/mol. The van der Waals surface area contributed by atoms with Crippen molar-refractivity contribution < 1.29 is 9.59 Å². The summed E-state index contributed by atoms with van der Waals surface area (Å²) in [5, 5.41) is 13.1. The van der Waals surface area contributed by atoms with E-state index in [9.17, 15) is 9.59 Å². The first-order chi connectivity index (χ1) is 14.4. The van der Waals surface area contributed by atoms with Crippen molar-refractivity contribution in [2.24, 2.45) is 7.05 Å². The number of benzene rings is 2. The van der Waals surface area contributed by atoms with Crippen molar-refractivity contribution in [1.29, 1.82) is 0 Å². The number of aromatic nitrogens is 2. The molecule has 2 atom stereocenters. The molecule has 156 valence electrons. The number of carbonyl (C=O) groups is 2. The lowest BCUT2D eigenvalue weighted by Gasteiger charge is -2.17. The number of amides is 2. The highest BCUT2D eigenvalue weighted by Gasteiger charge is 2.16. The zero-order valence-corrected chi connectivity index (χ0v) is 17.4. The third-order valence-electron chi connectivity index (χ3n) is 4.89. The quantitative estimate of drug-likeness (QED) is 0.537. The normalized spacial score (nSPS) is 12.8. The van der Waals surface area contributed by atoms with Crippen LogP contribution in [0.15, 0.2) is 67.0 Å². The number of nitrogens with one attached hydrogen (secondary N) is 3. The molecule has 1 aromatic heterocycles. The van der Waals surface area contributed by atoms with Gasteiger partial charge in [0.2, 0.25) is 5.91 Å². The molecule has 0 aliphatic heterocycles. The molecule has 30 heavy (non-hydrogen) atoms. The molecule has 7 nitrogen and oxygen atoms in total. The van der Waals surface area contributed by atoms with Gasteiger partial charge >= 0.3 is 0 Å². The lowest BCUT2D eigenvalue weighted by Crippen LogP contribution is -2.31. The Morgan fingerprint density at radius 1 is 0.967 bits per heavy atom. The predicted molar refractivity (Wildman–Crippen MR) is 117 cm³/mol. The zero-order chi connectivity index (χ0) is 21.5. The summed E-state index contributed by atoms with van der Waals surface area (Å²) < 4.78 is 1.72. The molecule has 2 amide bonds. The first-order valence-electron chi connectivity index (χ1n) is 9.90. The van der Waals surface area contributed by atoms with Crippen LogP contribution in [0.3, 0.4) is 0 Å². The topological polar surface area (TPSA) is 88.1 Å². The van der Waals surface area contributed by atoms with Crippen molar-refractivity contribution in [3.63, 3.8) is 0 Å². The van der Waals surface area contributed by atoms with Gasteiger partial charge in [0, 0.05) is 24.8 Å². The predicted octanol–water partition coefficient (Wildman–Crippen LogP) is 3.20. The molecular formula is C23H27N5O2. The summed E-state index contributed by atoms with van der Waals surface area (Å²) in [7, 11) is 1.85. The fraction of sp³-hybridized carbons (Fsp3) is 0.261. The Labute approximate surface area is 176 Å². The summed E-state index contributed by atoms with van der Waals surface area (Å²) in [6, 6.07) is 16.6. The maximum absolute atomic E-state index is 12.8. The van der Waals surface area contributed by atoms with Crippen LogP contribution in [0.5, 0.6) is 0 Å². The van der Waals surface area contributed by atoms with Gasteiger partial charge in [0.05, 0.1) is 30.0 Å². The summed E-state index contributed by atoms with van der Waals surface area (Å²) in [5.41, 5.74) is 2.92. The summed E-state index contributed by atoms with van der Waals surface area (Å²) in [4.78, 5) is 25.2. The van der Waals surface area contributed by atoms with E-state index >= 15 is 0 Å². The van der Waals surface area contributed by atoms with Crippen LogP contribution in [-0.4, -0.2) is 28.1 Å². The van der Waals surface area contributed by atoms with E-state index in [1.54, 1.807) is 35.1 Å². The van der Waals surface area contributed by atoms with Gasteiger partial charge in [-0.2, -0.15) is 5.10 Å². The second kappa shape index (κ2) is 9.84. The van der Waals surface area contributed by atoms with Gasteiger partial charge in [0.1, 0.15) is 0 Å². The maximum Gasteiger partial charge on any atom is 0.253 e. The SMILES string of the molecule is CC(NCC(=O)Nc1ccccc1C(=O)NC(C)c1ccccc1)c1cnn(C)c1. The van der Waals surface area contributed by atoms with E-state index in [2.05, 4.69) is 21.0 Å². The lowest BCUT2D eigenvalue weighted by atomic mass is 10.1. The number of anilines is 1. The summed E-state index contributed by atoms with van der Waals surface area (Å²) in [6.07, 6.45) is 3.67. The van der Waals surface area contributed by atoms with Crippen LogP contribution >= 0.6 is 0 Å². The number of carbonyl (C=O) groups excluding carboxylic acids is 2. The van der Waals surface area contributed by atoms with E-state index in [-0.39, 0.29) is 30.4 Å². The van der Waals surface area contributed by atoms with Crippen molar-refractivity contribution in [2.45, 2.75) is 25.9 Å². The third kappa shape index (κ3) is 5.55. The molecular weight excluding hydrogens is 378 g/mol. The highest BCUT2D eigenvalue weighted by molar-refractivity contribution is 6.04. The van der Waals surface area contributed by atoms with Crippen LogP contribution in [0.4, 0.5) is 5.69 Å². The van der Waals surface area contributed by atoms with Crippen molar-refractivity contribution in [3.8, 4) is 0 Å². The molecule has 2 unspecified atom stereocenters. The molecule has 0 spiro atoms. The van der Waals surface area contributed by atoms with Crippen LogP contribution in [-0.2, 0) is 11.8 Å². The lowest BCUT2D eigenvalue weighted by molar-refractivity contribution is -0.115. The molecule has 0 radical (unpaired) electrons. The number of rotatable bonds is 8. The standard InChI is InChI=1S/C23H27N5O2/c1-16(19-13-25-28(3)15-19)24-14-22(29)27-21-12-8-7-11-20(21)23(30)26-17(2)18-9-5-4-6-10-18/h4-13,15-17,24H,14H2,1-3H3,(H,26,30)(H,27,29). The zero-order valence-electron chi connectivity index (χ0n) is 17.4. The highest BCUT2D eigenvalue weighted by atomic mass is 16.2. The van der Waals surface area contributed by atoms with E-state index in [1.807, 2.05) is 57.4 Å². The van der Waals surface area contributed by atoms with Gasteiger partial charge in [0.25, 0.3) is 5.91 Å². The van der Waals surface area contributed by atoms with Gasteiger partial charge in [0.15, 0.2) is 0 Å². The molecule has 3 aromatic rings. The minimum absolute atomic E-state index is 0.0188.